The second-order valence-corrected chi connectivity index (χ2v) is 4.46. The van der Waals surface area contributed by atoms with Crippen LogP contribution in [0.1, 0.15) is 18.1 Å². The molecular formula is C14H15FN2. The summed E-state index contributed by atoms with van der Waals surface area (Å²) in [5.41, 5.74) is 7.74. The quantitative estimate of drug-likeness (QED) is 0.880. The van der Waals surface area contributed by atoms with Gasteiger partial charge >= 0.3 is 0 Å². The van der Waals surface area contributed by atoms with Crippen molar-refractivity contribution < 1.29 is 4.39 Å². The molecule has 0 radical (unpaired) electrons. The molecule has 1 aromatic heterocycles. The van der Waals surface area contributed by atoms with Gasteiger partial charge < -0.3 is 5.73 Å². The third kappa shape index (κ3) is 2.88. The predicted octanol–water partition coefficient (Wildman–Crippen LogP) is 2.64. The first kappa shape index (κ1) is 11.7. The summed E-state index contributed by atoms with van der Waals surface area (Å²) in [5.74, 6) is -0.245. The Kier molecular flexibility index (Phi) is 3.20. The van der Waals surface area contributed by atoms with Gasteiger partial charge in [0.05, 0.1) is 0 Å². The van der Waals surface area contributed by atoms with Crippen LogP contribution in [0.3, 0.4) is 0 Å². The second kappa shape index (κ2) is 4.63. The number of nitrogens with zero attached hydrogens (tertiary/aromatic N) is 1. The molecule has 0 saturated heterocycles. The van der Waals surface area contributed by atoms with Gasteiger partial charge in [0.2, 0.25) is 0 Å². The molecule has 0 amide bonds. The van der Waals surface area contributed by atoms with E-state index in [4.69, 9.17) is 5.73 Å². The van der Waals surface area contributed by atoms with Crippen molar-refractivity contribution in [2.75, 3.05) is 0 Å². The molecule has 17 heavy (non-hydrogen) atoms. The van der Waals surface area contributed by atoms with Gasteiger partial charge in [-0.2, -0.15) is 0 Å². The maximum Gasteiger partial charge on any atom is 0.123 e. The number of benzene rings is 1. The van der Waals surface area contributed by atoms with Gasteiger partial charge in [-0.1, -0.05) is 18.2 Å². The van der Waals surface area contributed by atoms with E-state index in [0.29, 0.717) is 6.42 Å². The maximum absolute atomic E-state index is 12.9. The van der Waals surface area contributed by atoms with Crippen LogP contribution in [0, 0.1) is 5.82 Å². The molecule has 88 valence electrons. The molecule has 0 saturated carbocycles. The van der Waals surface area contributed by atoms with Crippen LogP contribution in [-0.2, 0) is 12.0 Å². The van der Waals surface area contributed by atoms with Crippen molar-refractivity contribution in [3.8, 4) is 0 Å². The summed E-state index contributed by atoms with van der Waals surface area (Å²) >= 11 is 0. The van der Waals surface area contributed by atoms with Crippen LogP contribution >= 0.6 is 0 Å². The number of pyridine rings is 1. The molecule has 2 rings (SSSR count). The lowest BCUT2D eigenvalue weighted by Crippen LogP contribution is -2.35. The Bertz CT molecular complexity index is 477. The summed E-state index contributed by atoms with van der Waals surface area (Å²) < 4.78 is 12.9. The molecule has 0 spiro atoms. The van der Waals surface area contributed by atoms with E-state index in [9.17, 15) is 4.39 Å². The van der Waals surface area contributed by atoms with Gasteiger partial charge in [-0.05, 0) is 42.7 Å². The van der Waals surface area contributed by atoms with Crippen molar-refractivity contribution >= 4 is 0 Å². The summed E-state index contributed by atoms with van der Waals surface area (Å²) in [6.45, 7) is 1.94. The normalized spacial score (nSPS) is 14.3. The zero-order valence-corrected chi connectivity index (χ0v) is 9.73. The van der Waals surface area contributed by atoms with Crippen molar-refractivity contribution in [3.63, 3.8) is 0 Å². The average molecular weight is 230 g/mol. The molecule has 1 heterocycles. The molecule has 0 aliphatic heterocycles. The molecule has 3 heteroatoms. The van der Waals surface area contributed by atoms with Gasteiger partial charge in [-0.3, -0.25) is 4.98 Å². The molecule has 2 N–H and O–H groups in total. The van der Waals surface area contributed by atoms with Gasteiger partial charge in [0.1, 0.15) is 5.82 Å². The van der Waals surface area contributed by atoms with E-state index in [1.54, 1.807) is 24.5 Å². The number of hydrogen-bond donors (Lipinski definition) is 1. The highest BCUT2D eigenvalue weighted by molar-refractivity contribution is 5.26. The van der Waals surface area contributed by atoms with Crippen molar-refractivity contribution in [3.05, 3.63) is 65.7 Å². The van der Waals surface area contributed by atoms with Gasteiger partial charge in [0, 0.05) is 17.9 Å². The number of nitrogens with two attached hydrogens (primary N) is 1. The highest BCUT2D eigenvalue weighted by Crippen LogP contribution is 2.22. The van der Waals surface area contributed by atoms with Crippen molar-refractivity contribution in [2.45, 2.75) is 18.9 Å². The lowest BCUT2D eigenvalue weighted by atomic mass is 9.87. The Morgan fingerprint density at radius 1 is 1.24 bits per heavy atom. The standard InChI is InChI=1S/C14H15FN2/c1-14(16,9-11-3-2-8-17-10-11)12-4-6-13(15)7-5-12/h2-8,10H,9,16H2,1H3. The van der Waals surface area contributed by atoms with E-state index in [0.717, 1.165) is 11.1 Å². The van der Waals surface area contributed by atoms with Crippen LogP contribution in [0.25, 0.3) is 0 Å². The third-order valence-electron chi connectivity index (χ3n) is 2.80. The number of hydrogen-bond acceptors (Lipinski definition) is 2. The summed E-state index contributed by atoms with van der Waals surface area (Å²) in [4.78, 5) is 4.06. The summed E-state index contributed by atoms with van der Waals surface area (Å²) in [7, 11) is 0. The minimum absolute atomic E-state index is 0.245. The fourth-order valence-electron chi connectivity index (χ4n) is 1.86. The van der Waals surface area contributed by atoms with Crippen LogP contribution in [0.2, 0.25) is 0 Å². The summed E-state index contributed by atoms with van der Waals surface area (Å²) in [5, 5.41) is 0. The molecule has 1 aromatic carbocycles. The average Bonchev–Trinajstić information content (AvgIpc) is 2.30. The first-order valence-electron chi connectivity index (χ1n) is 5.52. The monoisotopic (exact) mass is 230 g/mol. The molecule has 2 aromatic rings. The largest absolute Gasteiger partial charge is 0.321 e. The zero-order valence-electron chi connectivity index (χ0n) is 9.73. The number of halogens is 1. The molecule has 1 unspecified atom stereocenters. The molecule has 2 nitrogen and oxygen atoms in total. The van der Waals surface area contributed by atoms with E-state index in [1.807, 2.05) is 19.1 Å². The smallest absolute Gasteiger partial charge is 0.123 e. The fraction of sp³-hybridized carbons (Fsp3) is 0.214. The lowest BCUT2D eigenvalue weighted by Gasteiger charge is -2.25. The molecular weight excluding hydrogens is 215 g/mol. The van der Waals surface area contributed by atoms with E-state index in [-0.39, 0.29) is 5.82 Å². The van der Waals surface area contributed by atoms with Crippen molar-refractivity contribution in [2.24, 2.45) is 5.73 Å². The first-order chi connectivity index (χ1) is 8.08. The summed E-state index contributed by atoms with van der Waals surface area (Å²) in [6, 6.07) is 10.2. The lowest BCUT2D eigenvalue weighted by molar-refractivity contribution is 0.489. The van der Waals surface area contributed by atoms with Crippen LogP contribution in [-0.4, -0.2) is 4.98 Å². The summed E-state index contributed by atoms with van der Waals surface area (Å²) in [6.07, 6.45) is 4.20. The van der Waals surface area contributed by atoms with Gasteiger partial charge in [-0.15, -0.1) is 0 Å². The Labute approximate surface area is 100 Å². The van der Waals surface area contributed by atoms with Gasteiger partial charge in [0.15, 0.2) is 0 Å². The molecule has 0 aliphatic carbocycles. The topological polar surface area (TPSA) is 38.9 Å². The molecule has 0 bridgehead atoms. The first-order valence-corrected chi connectivity index (χ1v) is 5.52. The third-order valence-corrected chi connectivity index (χ3v) is 2.80. The van der Waals surface area contributed by atoms with Crippen molar-refractivity contribution in [1.29, 1.82) is 0 Å². The van der Waals surface area contributed by atoms with E-state index in [1.165, 1.54) is 12.1 Å². The Balaban J connectivity index is 2.21. The highest BCUT2D eigenvalue weighted by Gasteiger charge is 2.21. The number of aromatic nitrogens is 1. The van der Waals surface area contributed by atoms with E-state index >= 15 is 0 Å². The fourth-order valence-corrected chi connectivity index (χ4v) is 1.86. The van der Waals surface area contributed by atoms with E-state index in [2.05, 4.69) is 4.98 Å². The zero-order chi connectivity index (χ0) is 12.3. The van der Waals surface area contributed by atoms with Crippen LogP contribution in [0.15, 0.2) is 48.8 Å². The van der Waals surface area contributed by atoms with Gasteiger partial charge in [0.25, 0.3) is 0 Å². The minimum Gasteiger partial charge on any atom is -0.321 e. The van der Waals surface area contributed by atoms with Crippen LogP contribution < -0.4 is 5.73 Å². The number of rotatable bonds is 3. The highest BCUT2D eigenvalue weighted by atomic mass is 19.1. The molecule has 1 atom stereocenters. The Hall–Kier alpha value is -1.74. The van der Waals surface area contributed by atoms with Crippen molar-refractivity contribution in [1.82, 2.24) is 4.98 Å². The maximum atomic E-state index is 12.9. The molecule has 0 aliphatic rings. The molecule has 0 fully saturated rings. The Morgan fingerprint density at radius 3 is 2.53 bits per heavy atom. The predicted molar refractivity (Wildman–Crippen MR) is 65.9 cm³/mol. The van der Waals surface area contributed by atoms with Gasteiger partial charge in [-0.25, -0.2) is 4.39 Å². The Morgan fingerprint density at radius 2 is 1.94 bits per heavy atom. The second-order valence-electron chi connectivity index (χ2n) is 4.46. The minimum atomic E-state index is -0.517. The van der Waals surface area contributed by atoms with E-state index < -0.39 is 5.54 Å². The van der Waals surface area contributed by atoms with Crippen LogP contribution in [0.5, 0.6) is 0 Å². The SMILES string of the molecule is CC(N)(Cc1cccnc1)c1ccc(F)cc1. The van der Waals surface area contributed by atoms with Crippen LogP contribution in [0.4, 0.5) is 4.39 Å².